The van der Waals surface area contributed by atoms with Gasteiger partial charge in [-0.3, -0.25) is 24.8 Å². The van der Waals surface area contributed by atoms with Gasteiger partial charge in [-0.15, -0.1) is 0 Å². The normalized spacial score (nSPS) is 16.1. The van der Waals surface area contributed by atoms with Gasteiger partial charge in [0.1, 0.15) is 0 Å². The van der Waals surface area contributed by atoms with Gasteiger partial charge in [0, 0.05) is 11.6 Å². The lowest BCUT2D eigenvalue weighted by Gasteiger charge is -2.25. The molecule has 1 saturated heterocycles. The molecule has 3 rings (SSSR count). The lowest BCUT2D eigenvalue weighted by Crippen LogP contribution is -2.51. The number of carbonyl (C=O) groups excluding carboxylic acids is 2. The number of nitrogens with zero attached hydrogens (tertiary/aromatic N) is 2. The predicted molar refractivity (Wildman–Crippen MR) is 70.2 cm³/mol. The molecule has 5 heteroatoms. The number of imide groups is 1. The SMILES string of the molecule is O=C1CNCC(=O)N1Cc1ccnc2ccccc12. The third-order valence-electron chi connectivity index (χ3n) is 3.22. The molecule has 2 aromatic rings. The zero-order valence-electron chi connectivity index (χ0n) is 10.3. The maximum Gasteiger partial charge on any atom is 0.243 e. The zero-order chi connectivity index (χ0) is 13.2. The van der Waals surface area contributed by atoms with E-state index in [0.29, 0.717) is 6.54 Å². The highest BCUT2D eigenvalue weighted by atomic mass is 16.2. The molecule has 0 unspecified atom stereocenters. The number of para-hydroxylation sites is 1. The van der Waals surface area contributed by atoms with Crippen molar-refractivity contribution in [2.75, 3.05) is 13.1 Å². The number of fused-ring (bicyclic) bond motifs is 1. The second kappa shape index (κ2) is 4.78. The van der Waals surface area contributed by atoms with Gasteiger partial charge in [0.2, 0.25) is 11.8 Å². The maximum atomic E-state index is 11.8. The van der Waals surface area contributed by atoms with Crippen LogP contribution in [0.1, 0.15) is 5.56 Å². The summed E-state index contributed by atoms with van der Waals surface area (Å²) in [5.74, 6) is -0.366. The van der Waals surface area contributed by atoms with Crippen LogP contribution in [0, 0.1) is 0 Å². The van der Waals surface area contributed by atoms with Crippen molar-refractivity contribution in [2.24, 2.45) is 0 Å². The summed E-state index contributed by atoms with van der Waals surface area (Å²) >= 11 is 0. The van der Waals surface area contributed by atoms with Gasteiger partial charge in [-0.2, -0.15) is 0 Å². The first kappa shape index (κ1) is 11.8. The van der Waals surface area contributed by atoms with E-state index in [2.05, 4.69) is 10.3 Å². The van der Waals surface area contributed by atoms with Gasteiger partial charge >= 0.3 is 0 Å². The van der Waals surface area contributed by atoms with Crippen molar-refractivity contribution in [1.29, 1.82) is 0 Å². The number of carbonyl (C=O) groups is 2. The van der Waals surface area contributed by atoms with E-state index in [9.17, 15) is 9.59 Å². The first-order valence-corrected chi connectivity index (χ1v) is 6.12. The van der Waals surface area contributed by atoms with Gasteiger partial charge in [0.25, 0.3) is 0 Å². The molecular formula is C14H13N3O2. The molecule has 0 spiro atoms. The van der Waals surface area contributed by atoms with Gasteiger partial charge in [0.15, 0.2) is 0 Å². The molecule has 0 saturated carbocycles. The maximum absolute atomic E-state index is 11.8. The molecule has 1 aliphatic heterocycles. The highest BCUT2D eigenvalue weighted by Crippen LogP contribution is 2.18. The minimum Gasteiger partial charge on any atom is -0.300 e. The Balaban J connectivity index is 1.97. The number of benzene rings is 1. The molecule has 2 heterocycles. The summed E-state index contributed by atoms with van der Waals surface area (Å²) in [4.78, 5) is 29.1. The van der Waals surface area contributed by atoms with E-state index in [0.717, 1.165) is 16.5 Å². The summed E-state index contributed by atoms with van der Waals surface area (Å²) in [6, 6.07) is 9.56. The Morgan fingerprint density at radius 1 is 1.11 bits per heavy atom. The van der Waals surface area contributed by atoms with Crippen molar-refractivity contribution in [2.45, 2.75) is 6.54 Å². The van der Waals surface area contributed by atoms with Gasteiger partial charge in [-0.1, -0.05) is 18.2 Å². The lowest BCUT2D eigenvalue weighted by molar-refractivity contribution is -0.147. The molecule has 1 aromatic carbocycles. The standard InChI is InChI=1S/C14H13N3O2/c18-13-7-15-8-14(19)17(13)9-10-5-6-16-12-4-2-1-3-11(10)12/h1-6,15H,7-9H2. The van der Waals surface area contributed by atoms with Crippen LogP contribution < -0.4 is 5.32 Å². The third kappa shape index (κ3) is 2.20. The van der Waals surface area contributed by atoms with Crippen LogP contribution in [-0.2, 0) is 16.1 Å². The van der Waals surface area contributed by atoms with Gasteiger partial charge < -0.3 is 0 Å². The molecular weight excluding hydrogens is 242 g/mol. The largest absolute Gasteiger partial charge is 0.300 e. The molecule has 0 atom stereocenters. The van der Waals surface area contributed by atoms with Crippen molar-refractivity contribution in [3.8, 4) is 0 Å². The fraction of sp³-hybridized carbons (Fsp3) is 0.214. The Kier molecular flexibility index (Phi) is 2.97. The van der Waals surface area contributed by atoms with Crippen LogP contribution in [0.25, 0.3) is 10.9 Å². The first-order chi connectivity index (χ1) is 9.25. The smallest absolute Gasteiger partial charge is 0.243 e. The Bertz CT molecular complexity index is 633. The Hall–Kier alpha value is -2.27. The minimum atomic E-state index is -0.183. The van der Waals surface area contributed by atoms with Gasteiger partial charge in [-0.05, 0) is 17.7 Å². The Labute approximate surface area is 110 Å². The van der Waals surface area contributed by atoms with E-state index in [-0.39, 0.29) is 24.9 Å². The minimum absolute atomic E-state index is 0.183. The first-order valence-electron chi connectivity index (χ1n) is 6.12. The average Bonchev–Trinajstić information content (AvgIpc) is 2.43. The average molecular weight is 255 g/mol. The number of aromatic nitrogens is 1. The highest BCUT2D eigenvalue weighted by Gasteiger charge is 2.25. The summed E-state index contributed by atoms with van der Waals surface area (Å²) in [6.45, 7) is 0.742. The molecule has 1 aliphatic rings. The van der Waals surface area contributed by atoms with Crippen molar-refractivity contribution in [1.82, 2.24) is 15.2 Å². The van der Waals surface area contributed by atoms with Crippen LogP contribution >= 0.6 is 0 Å². The predicted octanol–water partition coefficient (Wildman–Crippen LogP) is 0.693. The second-order valence-corrected chi connectivity index (χ2v) is 4.46. The Morgan fingerprint density at radius 3 is 2.63 bits per heavy atom. The number of piperazine rings is 1. The summed E-state index contributed by atoms with van der Waals surface area (Å²) in [5.41, 5.74) is 1.81. The monoisotopic (exact) mass is 255 g/mol. The van der Waals surface area contributed by atoms with Crippen molar-refractivity contribution >= 4 is 22.7 Å². The molecule has 0 bridgehead atoms. The number of nitrogens with one attached hydrogen (secondary N) is 1. The van der Waals surface area contributed by atoms with E-state index in [4.69, 9.17) is 0 Å². The summed E-state index contributed by atoms with van der Waals surface area (Å²) in [5, 5.41) is 3.76. The van der Waals surface area contributed by atoms with Crippen LogP contribution in [0.5, 0.6) is 0 Å². The van der Waals surface area contributed by atoms with E-state index >= 15 is 0 Å². The van der Waals surface area contributed by atoms with Crippen LogP contribution in [0.15, 0.2) is 36.5 Å². The fourth-order valence-electron chi connectivity index (χ4n) is 2.25. The molecule has 5 nitrogen and oxygen atoms in total. The number of hydrogen-bond acceptors (Lipinski definition) is 4. The van der Waals surface area contributed by atoms with E-state index in [1.54, 1.807) is 6.20 Å². The van der Waals surface area contributed by atoms with Gasteiger partial charge in [0.05, 0.1) is 25.2 Å². The van der Waals surface area contributed by atoms with Crippen molar-refractivity contribution in [3.63, 3.8) is 0 Å². The van der Waals surface area contributed by atoms with E-state index in [1.807, 2.05) is 30.3 Å². The molecule has 0 aliphatic carbocycles. The molecule has 2 amide bonds. The van der Waals surface area contributed by atoms with Crippen LogP contribution in [0.4, 0.5) is 0 Å². The van der Waals surface area contributed by atoms with Crippen LogP contribution in [-0.4, -0.2) is 34.8 Å². The van der Waals surface area contributed by atoms with E-state index in [1.165, 1.54) is 4.90 Å². The topological polar surface area (TPSA) is 62.3 Å². The second-order valence-electron chi connectivity index (χ2n) is 4.46. The van der Waals surface area contributed by atoms with E-state index < -0.39 is 0 Å². The lowest BCUT2D eigenvalue weighted by atomic mass is 10.1. The number of pyridine rings is 1. The third-order valence-corrected chi connectivity index (χ3v) is 3.22. The molecule has 1 fully saturated rings. The molecule has 96 valence electrons. The molecule has 19 heavy (non-hydrogen) atoms. The molecule has 1 N–H and O–H groups in total. The Morgan fingerprint density at radius 2 is 1.84 bits per heavy atom. The molecule has 1 aromatic heterocycles. The number of hydrogen-bond donors (Lipinski definition) is 1. The zero-order valence-corrected chi connectivity index (χ0v) is 10.3. The van der Waals surface area contributed by atoms with Crippen LogP contribution in [0.2, 0.25) is 0 Å². The molecule has 0 radical (unpaired) electrons. The fourth-order valence-corrected chi connectivity index (χ4v) is 2.25. The highest BCUT2D eigenvalue weighted by molar-refractivity contribution is 5.99. The summed E-state index contributed by atoms with van der Waals surface area (Å²) < 4.78 is 0. The summed E-state index contributed by atoms with van der Waals surface area (Å²) in [6.07, 6.45) is 1.70. The van der Waals surface area contributed by atoms with Crippen LogP contribution in [0.3, 0.4) is 0 Å². The quantitative estimate of drug-likeness (QED) is 0.802. The van der Waals surface area contributed by atoms with Crippen molar-refractivity contribution < 1.29 is 9.59 Å². The number of amides is 2. The summed E-state index contributed by atoms with van der Waals surface area (Å²) in [7, 11) is 0. The van der Waals surface area contributed by atoms with Gasteiger partial charge in [-0.25, -0.2) is 0 Å². The number of rotatable bonds is 2. The van der Waals surface area contributed by atoms with Crippen molar-refractivity contribution in [3.05, 3.63) is 42.1 Å².